The number of rotatable bonds is 17. The highest BCUT2D eigenvalue weighted by Crippen LogP contribution is 2.38. The SMILES string of the molecule is COC(=O)c1ccc(Br)cc1.COC(=O)c1ccc(N2CCC(N(Cc3c(OC)cc(C)cc3OC)S(=O)(=O)c3ccc4ccccc4c3)CC2)cc1.COc1cc(C)cc(OC)c1CN(C1CCNCC1)S(=O)(=O)c1ccc2ccccc2c1. The van der Waals surface area contributed by atoms with E-state index in [1.165, 1.54) is 14.2 Å². The molecule has 0 radical (unpaired) electrons. The summed E-state index contributed by atoms with van der Waals surface area (Å²) in [4.78, 5) is 25.5. The monoisotopic (exact) mass is 1260 g/mol. The molecule has 0 saturated carbocycles. The van der Waals surface area contributed by atoms with E-state index in [1.54, 1.807) is 97.7 Å². The Morgan fingerprint density at radius 2 is 0.859 bits per heavy atom. The predicted molar refractivity (Wildman–Crippen MR) is 336 cm³/mol. The first kappa shape index (κ1) is 63.5. The molecule has 0 atom stereocenters. The zero-order valence-corrected chi connectivity index (χ0v) is 52.4. The molecule has 2 aliphatic rings. The van der Waals surface area contributed by atoms with Crippen molar-refractivity contribution in [2.45, 2.75) is 74.5 Å². The third kappa shape index (κ3) is 15.3. The molecule has 0 amide bonds. The average Bonchev–Trinajstić information content (AvgIpc) is 2.91. The van der Waals surface area contributed by atoms with Crippen LogP contribution in [0.1, 0.15) is 68.7 Å². The molecule has 2 saturated heterocycles. The van der Waals surface area contributed by atoms with Gasteiger partial charge in [0.2, 0.25) is 20.0 Å². The van der Waals surface area contributed by atoms with Gasteiger partial charge in [-0.15, -0.1) is 0 Å². The summed E-state index contributed by atoms with van der Waals surface area (Å²) in [5, 5.41) is 7.11. The Kier molecular flexibility index (Phi) is 21.7. The molecule has 8 aromatic rings. The number of benzene rings is 8. The molecule has 19 heteroatoms. The lowest BCUT2D eigenvalue weighted by Gasteiger charge is -2.39. The molecule has 2 aliphatic heterocycles. The molecule has 16 nitrogen and oxygen atoms in total. The molecular formula is C66H73BrN4O12S2. The number of carbonyl (C=O) groups excluding carboxylic acids is 2. The Morgan fingerprint density at radius 3 is 1.24 bits per heavy atom. The second-order valence-electron chi connectivity index (χ2n) is 20.7. The molecule has 0 spiro atoms. The highest BCUT2D eigenvalue weighted by Gasteiger charge is 2.37. The molecule has 85 heavy (non-hydrogen) atoms. The lowest BCUT2D eigenvalue weighted by molar-refractivity contribution is 0.0592. The number of piperidine rings is 2. The average molecular weight is 1260 g/mol. The van der Waals surface area contributed by atoms with Gasteiger partial charge in [0.05, 0.1) is 74.7 Å². The molecule has 0 aromatic heterocycles. The van der Waals surface area contributed by atoms with Crippen LogP contribution in [-0.4, -0.2) is 118 Å². The summed E-state index contributed by atoms with van der Waals surface area (Å²) in [6.45, 7) is 7.11. The van der Waals surface area contributed by atoms with E-state index in [0.29, 0.717) is 70.5 Å². The second kappa shape index (κ2) is 29.0. The molecule has 0 unspecified atom stereocenters. The van der Waals surface area contributed by atoms with E-state index in [2.05, 4.69) is 30.9 Å². The normalized spacial score (nSPS) is 14.0. The Labute approximate surface area is 507 Å². The van der Waals surface area contributed by atoms with Gasteiger partial charge in [-0.3, -0.25) is 0 Å². The molecule has 1 N–H and O–H groups in total. The number of nitrogens with one attached hydrogen (secondary N) is 1. The number of halogens is 1. The fraction of sp³-hybridized carbons (Fsp3) is 0.303. The van der Waals surface area contributed by atoms with E-state index in [1.807, 2.05) is 111 Å². The number of ether oxygens (including phenoxy) is 6. The Hall–Kier alpha value is -7.52. The van der Waals surface area contributed by atoms with E-state index in [9.17, 15) is 26.4 Å². The molecule has 2 fully saturated rings. The van der Waals surface area contributed by atoms with Crippen molar-refractivity contribution in [2.75, 3.05) is 73.7 Å². The van der Waals surface area contributed by atoms with Crippen molar-refractivity contribution < 1.29 is 54.8 Å². The van der Waals surface area contributed by atoms with Gasteiger partial charge >= 0.3 is 11.9 Å². The number of methoxy groups -OCH3 is 6. The standard InChI is InChI=1S/C33H36N2O6S.C25H30N2O4S.C8H7BrO2/c1-23-19-31(39-2)30(32(20-23)40-3)22-35(42(37,38)29-14-11-24-7-5-6-8-26(24)21-29)28-15-17-34(18-16-28)27-12-9-25(10-13-27)33(36)41-4;1-18-14-24(30-2)23(25(15-18)31-3)17-27(21-10-12-26-13-11-21)32(28,29)22-9-8-19-6-4-5-7-20(19)16-22;1-11-8(10)6-2-4-7(9)5-3-6/h5-14,19-21,28H,15-18,22H2,1-4H3;4-9,14-16,21,26H,10-13,17H2,1-3H3;2-5H,1H3. The van der Waals surface area contributed by atoms with Crippen LogP contribution >= 0.6 is 15.9 Å². The van der Waals surface area contributed by atoms with Gasteiger partial charge < -0.3 is 38.6 Å². The van der Waals surface area contributed by atoms with Gasteiger partial charge in [-0.25, -0.2) is 26.4 Å². The van der Waals surface area contributed by atoms with Crippen LogP contribution in [-0.2, 0) is 42.6 Å². The molecule has 2 heterocycles. The van der Waals surface area contributed by atoms with Gasteiger partial charge in [0.15, 0.2) is 0 Å². The quantitative estimate of drug-likeness (QED) is 0.0851. The van der Waals surface area contributed by atoms with Crippen molar-refractivity contribution in [3.63, 3.8) is 0 Å². The summed E-state index contributed by atoms with van der Waals surface area (Å²) in [6.07, 6.45) is 2.76. The first-order valence-electron chi connectivity index (χ1n) is 27.8. The minimum absolute atomic E-state index is 0.108. The number of anilines is 1. The van der Waals surface area contributed by atoms with Crippen molar-refractivity contribution in [1.29, 1.82) is 0 Å². The zero-order valence-electron chi connectivity index (χ0n) is 49.2. The van der Waals surface area contributed by atoms with E-state index in [4.69, 9.17) is 23.7 Å². The van der Waals surface area contributed by atoms with Crippen LogP contribution in [0.15, 0.2) is 172 Å². The topological polar surface area (TPSA) is 180 Å². The lowest BCUT2D eigenvalue weighted by atomic mass is 10.0. The largest absolute Gasteiger partial charge is 0.496 e. The van der Waals surface area contributed by atoms with E-state index >= 15 is 0 Å². The molecule has 8 aromatic carbocycles. The maximum atomic E-state index is 14.4. The van der Waals surface area contributed by atoms with Gasteiger partial charge in [-0.1, -0.05) is 76.6 Å². The third-order valence-corrected chi connectivity index (χ3v) is 19.6. The van der Waals surface area contributed by atoms with Gasteiger partial charge in [0.25, 0.3) is 0 Å². The number of esters is 2. The highest BCUT2D eigenvalue weighted by atomic mass is 79.9. The van der Waals surface area contributed by atoms with E-state index in [0.717, 1.165) is 74.3 Å². The first-order valence-corrected chi connectivity index (χ1v) is 31.5. The summed E-state index contributed by atoms with van der Waals surface area (Å²) in [6, 6.07) is 47.8. The molecule has 10 rings (SSSR count). The second-order valence-corrected chi connectivity index (χ2v) is 25.3. The smallest absolute Gasteiger partial charge is 0.337 e. The Morgan fingerprint density at radius 1 is 0.494 bits per heavy atom. The van der Waals surface area contributed by atoms with Crippen LogP contribution in [0.2, 0.25) is 0 Å². The van der Waals surface area contributed by atoms with Crippen LogP contribution in [0.5, 0.6) is 23.0 Å². The number of hydrogen-bond donors (Lipinski definition) is 1. The molecule has 0 bridgehead atoms. The highest BCUT2D eigenvalue weighted by molar-refractivity contribution is 9.10. The maximum absolute atomic E-state index is 14.4. The van der Waals surface area contributed by atoms with Crippen LogP contribution in [0.25, 0.3) is 21.5 Å². The summed E-state index contributed by atoms with van der Waals surface area (Å²) in [7, 11) is 1.45. The van der Waals surface area contributed by atoms with E-state index < -0.39 is 20.0 Å². The van der Waals surface area contributed by atoms with Crippen LogP contribution < -0.4 is 29.2 Å². The summed E-state index contributed by atoms with van der Waals surface area (Å²) >= 11 is 3.26. The molecule has 448 valence electrons. The summed E-state index contributed by atoms with van der Waals surface area (Å²) in [5.41, 5.74) is 5.42. The number of nitrogens with zero attached hydrogens (tertiary/aromatic N) is 3. The Balaban J connectivity index is 0.000000192. The predicted octanol–water partition coefficient (Wildman–Crippen LogP) is 12.2. The number of carbonyl (C=O) groups is 2. The molecule has 0 aliphatic carbocycles. The minimum Gasteiger partial charge on any atom is -0.496 e. The number of sulfonamides is 2. The molecular weight excluding hydrogens is 1180 g/mol. The van der Waals surface area contributed by atoms with Crippen molar-refractivity contribution in [3.8, 4) is 23.0 Å². The van der Waals surface area contributed by atoms with Gasteiger partial charge in [0.1, 0.15) is 23.0 Å². The van der Waals surface area contributed by atoms with Gasteiger partial charge in [-0.05, 0) is 182 Å². The maximum Gasteiger partial charge on any atom is 0.337 e. The van der Waals surface area contributed by atoms with Crippen molar-refractivity contribution in [1.82, 2.24) is 13.9 Å². The number of hydrogen-bond acceptors (Lipinski definition) is 14. The first-order chi connectivity index (χ1) is 40.9. The number of aryl methyl sites for hydroxylation is 2. The zero-order chi connectivity index (χ0) is 60.8. The van der Waals surface area contributed by atoms with Crippen molar-refractivity contribution in [3.05, 3.63) is 196 Å². The van der Waals surface area contributed by atoms with Crippen LogP contribution in [0.3, 0.4) is 0 Å². The van der Waals surface area contributed by atoms with Crippen LogP contribution in [0, 0.1) is 13.8 Å². The summed E-state index contributed by atoms with van der Waals surface area (Å²) < 4.78 is 92.9. The van der Waals surface area contributed by atoms with Crippen molar-refractivity contribution >= 4 is 75.1 Å². The fourth-order valence-electron chi connectivity index (χ4n) is 10.7. The van der Waals surface area contributed by atoms with Crippen molar-refractivity contribution in [2.24, 2.45) is 0 Å². The minimum atomic E-state index is -3.90. The van der Waals surface area contributed by atoms with E-state index in [-0.39, 0.29) is 42.0 Å². The number of fused-ring (bicyclic) bond motifs is 2. The third-order valence-electron chi connectivity index (χ3n) is 15.3. The van der Waals surface area contributed by atoms with Gasteiger partial charge in [-0.2, -0.15) is 8.61 Å². The fourth-order valence-corrected chi connectivity index (χ4v) is 14.4. The van der Waals surface area contributed by atoms with Crippen LogP contribution in [0.4, 0.5) is 5.69 Å². The Bertz CT molecular complexity index is 3780. The lowest BCUT2D eigenvalue weighted by Crippen LogP contribution is -2.47. The summed E-state index contributed by atoms with van der Waals surface area (Å²) in [5.74, 6) is 1.76. The van der Waals surface area contributed by atoms with Gasteiger partial charge in [0, 0.05) is 48.4 Å².